The number of carboxylic acids is 1. The first kappa shape index (κ1) is 13.2. The predicted octanol–water partition coefficient (Wildman–Crippen LogP) is 1.63. The molecule has 0 saturated carbocycles. The smallest absolute Gasteiger partial charge is 0.323 e. The van der Waals surface area contributed by atoms with E-state index in [0.717, 1.165) is 7.11 Å². The van der Waals surface area contributed by atoms with E-state index < -0.39 is 23.2 Å². The van der Waals surface area contributed by atoms with E-state index >= 15 is 0 Å². The van der Waals surface area contributed by atoms with Crippen LogP contribution in [-0.2, 0) is 20.7 Å². The molecule has 0 aliphatic heterocycles. The van der Waals surface area contributed by atoms with Gasteiger partial charge in [-0.1, -0.05) is 12.1 Å². The van der Waals surface area contributed by atoms with Crippen LogP contribution in [0, 0.1) is 11.2 Å². The van der Waals surface area contributed by atoms with E-state index in [2.05, 4.69) is 4.74 Å². The molecule has 1 unspecified atom stereocenters. The number of hydrogen-bond donors (Lipinski definition) is 1. The Labute approximate surface area is 98.0 Å². The number of ether oxygens (including phenoxy) is 1. The summed E-state index contributed by atoms with van der Waals surface area (Å²) >= 11 is 0. The van der Waals surface area contributed by atoms with Gasteiger partial charge in [0.05, 0.1) is 7.11 Å². The Balaban J connectivity index is 2.99. The Bertz CT molecular complexity index is 427. The van der Waals surface area contributed by atoms with Crippen LogP contribution in [-0.4, -0.2) is 24.2 Å². The van der Waals surface area contributed by atoms with Crippen molar-refractivity contribution in [1.82, 2.24) is 0 Å². The molecule has 1 atom stereocenters. The number of carbonyl (C=O) groups excluding carboxylic acids is 1. The van der Waals surface area contributed by atoms with Gasteiger partial charge in [0.15, 0.2) is 5.41 Å². The summed E-state index contributed by atoms with van der Waals surface area (Å²) in [5.41, 5.74) is -1.10. The van der Waals surface area contributed by atoms with Crippen LogP contribution in [0.2, 0.25) is 0 Å². The summed E-state index contributed by atoms with van der Waals surface area (Å²) in [6.45, 7) is 1.28. The maximum Gasteiger partial charge on any atom is 0.323 e. The molecule has 1 N–H and O–H groups in total. The van der Waals surface area contributed by atoms with Gasteiger partial charge in [0.1, 0.15) is 5.82 Å². The van der Waals surface area contributed by atoms with Crippen molar-refractivity contribution in [1.29, 1.82) is 0 Å². The van der Waals surface area contributed by atoms with Crippen molar-refractivity contribution in [2.24, 2.45) is 5.41 Å². The first-order chi connectivity index (χ1) is 7.90. The Hall–Kier alpha value is -1.91. The maximum atomic E-state index is 12.7. The molecule has 92 valence electrons. The summed E-state index contributed by atoms with van der Waals surface area (Å²) < 4.78 is 17.2. The highest BCUT2D eigenvalue weighted by Gasteiger charge is 2.42. The van der Waals surface area contributed by atoms with Crippen LogP contribution in [0.5, 0.6) is 0 Å². The largest absolute Gasteiger partial charge is 0.480 e. The molecule has 1 rings (SSSR count). The lowest BCUT2D eigenvalue weighted by Crippen LogP contribution is -2.39. The molecule has 0 heterocycles. The Kier molecular flexibility index (Phi) is 3.83. The molecule has 0 spiro atoms. The third-order valence-corrected chi connectivity index (χ3v) is 2.58. The molecule has 0 amide bonds. The summed E-state index contributed by atoms with van der Waals surface area (Å²) in [5.74, 6) is -2.51. The number of halogens is 1. The van der Waals surface area contributed by atoms with Crippen LogP contribution in [0.4, 0.5) is 4.39 Å². The second kappa shape index (κ2) is 4.95. The highest BCUT2D eigenvalue weighted by molar-refractivity contribution is 5.98. The van der Waals surface area contributed by atoms with Gasteiger partial charge in [-0.05, 0) is 31.0 Å². The highest BCUT2D eigenvalue weighted by Crippen LogP contribution is 2.25. The number of rotatable bonds is 4. The average Bonchev–Trinajstić information content (AvgIpc) is 2.30. The van der Waals surface area contributed by atoms with Crippen molar-refractivity contribution in [3.05, 3.63) is 35.6 Å². The summed E-state index contributed by atoms with van der Waals surface area (Å²) in [6.07, 6.45) is -0.0463. The Morgan fingerprint density at radius 3 is 2.29 bits per heavy atom. The van der Waals surface area contributed by atoms with E-state index in [-0.39, 0.29) is 6.42 Å². The lowest BCUT2D eigenvalue weighted by Gasteiger charge is -2.21. The predicted molar refractivity (Wildman–Crippen MR) is 57.9 cm³/mol. The molecule has 0 aliphatic rings. The van der Waals surface area contributed by atoms with Gasteiger partial charge in [-0.3, -0.25) is 9.59 Å². The minimum atomic E-state index is -1.66. The van der Waals surface area contributed by atoms with Gasteiger partial charge in [-0.2, -0.15) is 0 Å². The van der Waals surface area contributed by atoms with E-state index in [1.807, 2.05) is 0 Å². The van der Waals surface area contributed by atoms with Gasteiger partial charge in [0, 0.05) is 0 Å². The number of esters is 1. The second-order valence-corrected chi connectivity index (χ2v) is 3.93. The molecule has 0 aromatic heterocycles. The van der Waals surface area contributed by atoms with Gasteiger partial charge in [-0.25, -0.2) is 4.39 Å². The maximum absolute atomic E-state index is 12.7. The minimum Gasteiger partial charge on any atom is -0.480 e. The van der Waals surface area contributed by atoms with E-state index in [4.69, 9.17) is 5.11 Å². The van der Waals surface area contributed by atoms with Gasteiger partial charge in [-0.15, -0.1) is 0 Å². The molecule has 1 aromatic carbocycles. The SMILES string of the molecule is COC(=O)C(C)(Cc1ccc(F)cc1)C(=O)O. The number of carbonyl (C=O) groups is 2. The van der Waals surface area contributed by atoms with Gasteiger partial charge in [0.25, 0.3) is 0 Å². The second-order valence-electron chi connectivity index (χ2n) is 3.93. The van der Waals surface area contributed by atoms with E-state index in [1.54, 1.807) is 0 Å². The molecule has 0 fully saturated rings. The van der Waals surface area contributed by atoms with E-state index in [0.29, 0.717) is 5.56 Å². The fourth-order valence-corrected chi connectivity index (χ4v) is 1.47. The molecular formula is C12H13FO4. The molecule has 0 aliphatic carbocycles. The Morgan fingerprint density at radius 1 is 1.35 bits per heavy atom. The summed E-state index contributed by atoms with van der Waals surface area (Å²) in [4.78, 5) is 22.6. The molecule has 0 saturated heterocycles. The minimum absolute atomic E-state index is 0.0463. The van der Waals surface area contributed by atoms with Crippen molar-refractivity contribution >= 4 is 11.9 Å². The van der Waals surface area contributed by atoms with Gasteiger partial charge >= 0.3 is 11.9 Å². The molecule has 0 radical (unpaired) electrons. The third-order valence-electron chi connectivity index (χ3n) is 2.58. The standard InChI is InChI=1S/C12H13FO4/c1-12(10(14)15,11(16)17-2)7-8-3-5-9(13)6-4-8/h3-6H,7H2,1-2H3,(H,14,15). The van der Waals surface area contributed by atoms with Crippen molar-refractivity contribution in [2.75, 3.05) is 7.11 Å². The monoisotopic (exact) mass is 240 g/mol. The molecule has 0 bridgehead atoms. The molecule has 17 heavy (non-hydrogen) atoms. The molecule has 5 heteroatoms. The number of hydrogen-bond acceptors (Lipinski definition) is 3. The van der Waals surface area contributed by atoms with Crippen LogP contribution >= 0.6 is 0 Å². The molecular weight excluding hydrogens is 227 g/mol. The summed E-state index contributed by atoms with van der Waals surface area (Å²) in [7, 11) is 1.13. The lowest BCUT2D eigenvalue weighted by atomic mass is 9.84. The van der Waals surface area contributed by atoms with Crippen molar-refractivity contribution < 1.29 is 23.8 Å². The van der Waals surface area contributed by atoms with Crippen LogP contribution in [0.3, 0.4) is 0 Å². The highest BCUT2D eigenvalue weighted by atomic mass is 19.1. The van der Waals surface area contributed by atoms with Crippen molar-refractivity contribution in [3.8, 4) is 0 Å². The number of benzene rings is 1. The lowest BCUT2D eigenvalue weighted by molar-refractivity contribution is -0.165. The number of methoxy groups -OCH3 is 1. The first-order valence-corrected chi connectivity index (χ1v) is 4.96. The van der Waals surface area contributed by atoms with Crippen LogP contribution < -0.4 is 0 Å². The average molecular weight is 240 g/mol. The van der Waals surface area contributed by atoms with Crippen LogP contribution in [0.25, 0.3) is 0 Å². The third kappa shape index (κ3) is 2.81. The quantitative estimate of drug-likeness (QED) is 0.641. The molecule has 1 aromatic rings. The fraction of sp³-hybridized carbons (Fsp3) is 0.333. The molecule has 4 nitrogen and oxygen atoms in total. The summed E-state index contributed by atoms with van der Waals surface area (Å²) in [6, 6.07) is 5.32. The van der Waals surface area contributed by atoms with E-state index in [9.17, 15) is 14.0 Å². The number of aliphatic carboxylic acids is 1. The Morgan fingerprint density at radius 2 is 1.88 bits per heavy atom. The number of carboxylic acid groups (broad SMARTS) is 1. The summed E-state index contributed by atoms with van der Waals surface area (Å²) in [5, 5.41) is 9.08. The topological polar surface area (TPSA) is 63.6 Å². The van der Waals surface area contributed by atoms with Gasteiger partial charge < -0.3 is 9.84 Å². The fourth-order valence-electron chi connectivity index (χ4n) is 1.47. The van der Waals surface area contributed by atoms with Crippen LogP contribution in [0.15, 0.2) is 24.3 Å². The normalized spacial score (nSPS) is 13.8. The zero-order chi connectivity index (χ0) is 13.1. The zero-order valence-electron chi connectivity index (χ0n) is 9.57. The van der Waals surface area contributed by atoms with Crippen LogP contribution in [0.1, 0.15) is 12.5 Å². The first-order valence-electron chi connectivity index (χ1n) is 4.96. The van der Waals surface area contributed by atoms with Crippen molar-refractivity contribution in [2.45, 2.75) is 13.3 Å². The van der Waals surface area contributed by atoms with Gasteiger partial charge in [0.2, 0.25) is 0 Å². The van der Waals surface area contributed by atoms with E-state index in [1.165, 1.54) is 31.2 Å². The zero-order valence-corrected chi connectivity index (χ0v) is 9.57. The van der Waals surface area contributed by atoms with Crippen molar-refractivity contribution in [3.63, 3.8) is 0 Å².